The lowest BCUT2D eigenvalue weighted by molar-refractivity contribution is -0.147. The van der Waals surface area contributed by atoms with E-state index in [2.05, 4.69) is 4.98 Å². The maximum atomic E-state index is 13.0. The van der Waals surface area contributed by atoms with Gasteiger partial charge >= 0.3 is 11.7 Å². The Kier molecular flexibility index (Phi) is 9.29. The zero-order valence-electron chi connectivity index (χ0n) is 19.3. The van der Waals surface area contributed by atoms with E-state index >= 15 is 0 Å². The predicted molar refractivity (Wildman–Crippen MR) is 137 cm³/mol. The summed E-state index contributed by atoms with van der Waals surface area (Å²) in [6.45, 7) is -0.614. The molecule has 1 amide bonds. The van der Waals surface area contributed by atoms with Crippen LogP contribution in [0.2, 0.25) is 10.0 Å². The lowest BCUT2D eigenvalue weighted by atomic mass is 10.1. The molecule has 3 rings (SSSR count). The molecule has 0 unspecified atom stereocenters. The molecule has 3 aromatic rings. The van der Waals surface area contributed by atoms with Gasteiger partial charge in [-0.15, -0.1) is 0 Å². The Hall–Kier alpha value is -3.60. The second-order valence-corrected chi connectivity index (χ2v) is 8.50. The predicted octanol–water partition coefficient (Wildman–Crippen LogP) is 2.24. The number of methoxy groups -OCH3 is 1. The average Bonchev–Trinajstić information content (AvgIpc) is 2.85. The number of rotatable bonds is 10. The van der Waals surface area contributed by atoms with Crippen molar-refractivity contribution >= 4 is 46.6 Å². The number of ether oxygens (including phenoxy) is 2. The quantitative estimate of drug-likeness (QED) is 0.380. The first-order valence-corrected chi connectivity index (χ1v) is 11.5. The Balaban J connectivity index is 1.82. The molecule has 1 aromatic heterocycles. The number of nitrogens with zero attached hydrogens (tertiary/aromatic N) is 2. The van der Waals surface area contributed by atoms with E-state index < -0.39 is 29.7 Å². The van der Waals surface area contributed by atoms with Gasteiger partial charge in [0.2, 0.25) is 0 Å². The van der Waals surface area contributed by atoms with Gasteiger partial charge in [-0.2, -0.15) is 0 Å². The van der Waals surface area contributed by atoms with Gasteiger partial charge in [-0.25, -0.2) is 4.79 Å². The van der Waals surface area contributed by atoms with Gasteiger partial charge < -0.3 is 15.2 Å². The van der Waals surface area contributed by atoms with Crippen LogP contribution >= 0.6 is 23.2 Å². The fourth-order valence-electron chi connectivity index (χ4n) is 3.39. The van der Waals surface area contributed by atoms with Crippen LogP contribution < -0.4 is 21.9 Å². The Morgan fingerprint density at radius 1 is 1.06 bits per heavy atom. The topological polar surface area (TPSA) is 137 Å². The second-order valence-electron chi connectivity index (χ2n) is 7.69. The summed E-state index contributed by atoms with van der Waals surface area (Å²) in [5.41, 5.74) is 5.69. The van der Waals surface area contributed by atoms with Crippen LogP contribution in [-0.2, 0) is 32.0 Å². The third-order valence-electron chi connectivity index (χ3n) is 5.18. The van der Waals surface area contributed by atoms with E-state index in [1.807, 2.05) is 6.07 Å². The Morgan fingerprint density at radius 2 is 1.78 bits per heavy atom. The van der Waals surface area contributed by atoms with Crippen molar-refractivity contribution in [3.63, 3.8) is 0 Å². The van der Waals surface area contributed by atoms with Gasteiger partial charge in [0.05, 0.1) is 29.6 Å². The average molecular weight is 535 g/mol. The third kappa shape index (κ3) is 6.75. The number of nitrogens with two attached hydrogens (primary N) is 1. The van der Waals surface area contributed by atoms with Gasteiger partial charge in [-0.1, -0.05) is 59.6 Å². The smallest absolute Gasteiger partial charge is 0.330 e. The highest BCUT2D eigenvalue weighted by atomic mass is 35.5. The van der Waals surface area contributed by atoms with Crippen molar-refractivity contribution < 1.29 is 19.1 Å². The first-order valence-electron chi connectivity index (χ1n) is 10.8. The summed E-state index contributed by atoms with van der Waals surface area (Å²) in [7, 11) is 1.42. The minimum atomic E-state index is -0.853. The standard InChI is InChI=1S/C24H24Cl2N4O6/c1-35-10-9-29(19(31)14-36-20(32)12-16-7-8-17(25)18(26)11-16)21-22(27)30(24(34)28-23(21)33)13-15-5-3-2-4-6-15/h2-8,11H,9-10,12-14,27H2,1H3,(H,28,33,34). The van der Waals surface area contributed by atoms with E-state index in [0.29, 0.717) is 10.6 Å². The van der Waals surface area contributed by atoms with Gasteiger partial charge in [0.1, 0.15) is 5.82 Å². The Morgan fingerprint density at radius 3 is 2.44 bits per heavy atom. The lowest BCUT2D eigenvalue weighted by Gasteiger charge is -2.24. The Bertz CT molecular complexity index is 1360. The highest BCUT2D eigenvalue weighted by molar-refractivity contribution is 6.42. The van der Waals surface area contributed by atoms with Crippen molar-refractivity contribution in [2.45, 2.75) is 13.0 Å². The van der Waals surface area contributed by atoms with Crippen molar-refractivity contribution in [2.24, 2.45) is 0 Å². The molecule has 0 spiro atoms. The minimum absolute atomic E-state index is 0.0552. The van der Waals surface area contributed by atoms with Crippen LogP contribution in [0.4, 0.5) is 11.5 Å². The lowest BCUT2D eigenvalue weighted by Crippen LogP contribution is -2.44. The first kappa shape index (κ1) is 27.0. The highest BCUT2D eigenvalue weighted by Gasteiger charge is 2.25. The molecule has 0 fully saturated rings. The minimum Gasteiger partial charge on any atom is -0.455 e. The van der Waals surface area contributed by atoms with E-state index in [4.69, 9.17) is 38.4 Å². The molecule has 1 heterocycles. The van der Waals surface area contributed by atoms with Crippen molar-refractivity contribution in [3.8, 4) is 0 Å². The summed E-state index contributed by atoms with van der Waals surface area (Å²) in [5.74, 6) is -1.62. The maximum absolute atomic E-state index is 13.0. The highest BCUT2D eigenvalue weighted by Crippen LogP contribution is 2.23. The number of nitrogen functional groups attached to an aromatic ring is 1. The number of halogens is 2. The molecular formula is C24H24Cl2N4O6. The van der Waals surface area contributed by atoms with Crippen LogP contribution in [0.3, 0.4) is 0 Å². The molecule has 0 bridgehead atoms. The van der Waals surface area contributed by atoms with Gasteiger partial charge in [0.15, 0.2) is 12.3 Å². The molecule has 0 saturated carbocycles. The number of esters is 1. The zero-order valence-corrected chi connectivity index (χ0v) is 20.8. The molecule has 12 heteroatoms. The van der Waals surface area contributed by atoms with E-state index in [1.165, 1.54) is 13.2 Å². The number of aromatic amines is 1. The number of H-pyrrole nitrogens is 1. The van der Waals surface area contributed by atoms with E-state index in [1.54, 1.807) is 36.4 Å². The SMILES string of the molecule is COCCN(C(=O)COC(=O)Cc1ccc(Cl)c(Cl)c1)c1c(N)n(Cc2ccccc2)c(=O)[nH]c1=O. The second kappa shape index (κ2) is 12.4. The molecule has 3 N–H and O–H groups in total. The van der Waals surface area contributed by atoms with Crippen LogP contribution in [0.15, 0.2) is 58.1 Å². The largest absolute Gasteiger partial charge is 0.455 e. The number of anilines is 2. The number of amides is 1. The van der Waals surface area contributed by atoms with Crippen LogP contribution in [0, 0.1) is 0 Å². The fourth-order valence-corrected chi connectivity index (χ4v) is 3.71. The molecule has 0 aliphatic heterocycles. The molecule has 0 saturated heterocycles. The van der Waals surface area contributed by atoms with Crippen molar-refractivity contribution in [1.82, 2.24) is 9.55 Å². The van der Waals surface area contributed by atoms with E-state index in [0.717, 1.165) is 15.0 Å². The van der Waals surface area contributed by atoms with E-state index in [9.17, 15) is 19.2 Å². The van der Waals surface area contributed by atoms with Crippen LogP contribution in [0.25, 0.3) is 0 Å². The zero-order chi connectivity index (χ0) is 26.2. The number of hydrogen-bond donors (Lipinski definition) is 2. The van der Waals surface area contributed by atoms with Crippen molar-refractivity contribution in [2.75, 3.05) is 37.5 Å². The number of nitrogens with one attached hydrogen (secondary N) is 1. The number of benzene rings is 2. The van der Waals surface area contributed by atoms with Crippen LogP contribution in [-0.4, -0.2) is 48.3 Å². The summed E-state index contributed by atoms with van der Waals surface area (Å²) in [6.07, 6.45) is -0.146. The van der Waals surface area contributed by atoms with Gasteiger partial charge in [0.25, 0.3) is 11.5 Å². The molecule has 2 aromatic carbocycles. The number of aromatic nitrogens is 2. The Labute approximate surface area is 216 Å². The summed E-state index contributed by atoms with van der Waals surface area (Å²) >= 11 is 11.8. The molecule has 190 valence electrons. The molecule has 0 aliphatic carbocycles. The molecule has 36 heavy (non-hydrogen) atoms. The monoisotopic (exact) mass is 534 g/mol. The summed E-state index contributed by atoms with van der Waals surface area (Å²) in [6, 6.07) is 13.7. The fraction of sp³-hybridized carbons (Fsp3) is 0.250. The van der Waals surface area contributed by atoms with Crippen LogP contribution in [0.1, 0.15) is 11.1 Å². The summed E-state index contributed by atoms with van der Waals surface area (Å²) in [5, 5.41) is 0.623. The molecule has 10 nitrogen and oxygen atoms in total. The number of carbonyl (C=O) groups excluding carboxylic acids is 2. The normalized spacial score (nSPS) is 10.8. The van der Waals surface area contributed by atoms with Gasteiger partial charge in [-0.3, -0.25) is 28.8 Å². The van der Waals surface area contributed by atoms with Gasteiger partial charge in [-0.05, 0) is 23.3 Å². The van der Waals surface area contributed by atoms with Crippen molar-refractivity contribution in [3.05, 3.63) is 90.5 Å². The number of carbonyl (C=O) groups is 2. The maximum Gasteiger partial charge on any atom is 0.330 e. The number of hydrogen-bond acceptors (Lipinski definition) is 7. The van der Waals surface area contributed by atoms with Gasteiger partial charge in [0, 0.05) is 13.7 Å². The third-order valence-corrected chi connectivity index (χ3v) is 5.92. The molecule has 0 atom stereocenters. The molecule has 0 radical (unpaired) electrons. The van der Waals surface area contributed by atoms with Crippen LogP contribution in [0.5, 0.6) is 0 Å². The van der Waals surface area contributed by atoms with E-state index in [-0.39, 0.29) is 42.6 Å². The summed E-state index contributed by atoms with van der Waals surface area (Å²) < 4.78 is 11.3. The first-order chi connectivity index (χ1) is 17.2. The molecular weight excluding hydrogens is 511 g/mol. The van der Waals surface area contributed by atoms with Crippen molar-refractivity contribution in [1.29, 1.82) is 0 Å². The summed E-state index contributed by atoms with van der Waals surface area (Å²) in [4.78, 5) is 53.7. The molecule has 0 aliphatic rings.